The highest BCUT2D eigenvalue weighted by Gasteiger charge is 2.47. The lowest BCUT2D eigenvalue weighted by Gasteiger charge is -2.44. The average molecular weight is 390 g/mol. The molecule has 1 heterocycles. The maximum Gasteiger partial charge on any atom is 0.264 e. The predicted molar refractivity (Wildman–Crippen MR) is 99.4 cm³/mol. The van der Waals surface area contributed by atoms with Crippen LogP contribution in [-0.2, 0) is 14.3 Å². The number of amidine groups is 1. The van der Waals surface area contributed by atoms with Crippen molar-refractivity contribution in [2.45, 2.75) is 51.4 Å². The van der Waals surface area contributed by atoms with Gasteiger partial charge in [-0.15, -0.1) is 0 Å². The maximum absolute atomic E-state index is 11.9. The minimum Gasteiger partial charge on any atom is -0.485 e. The van der Waals surface area contributed by atoms with Gasteiger partial charge in [-0.25, -0.2) is 0 Å². The van der Waals surface area contributed by atoms with Crippen molar-refractivity contribution in [1.82, 2.24) is 5.32 Å². The highest BCUT2D eigenvalue weighted by Crippen LogP contribution is 2.42. The van der Waals surface area contributed by atoms with E-state index in [1.54, 1.807) is 38.2 Å². The van der Waals surface area contributed by atoms with E-state index in [2.05, 4.69) is 16.4 Å². The quantitative estimate of drug-likeness (QED) is 0.354. The Morgan fingerprint density at radius 1 is 1.41 bits per heavy atom. The summed E-state index contributed by atoms with van der Waals surface area (Å²) < 4.78 is 35.1. The van der Waals surface area contributed by atoms with Gasteiger partial charge < -0.3 is 10.1 Å². The Balaban J connectivity index is 2.61. The molecule has 1 aliphatic rings. The molecule has 0 fully saturated rings. The largest absolute Gasteiger partial charge is 0.485 e. The third kappa shape index (κ3) is 4.97. The number of nitrogens with zero attached hydrogens (tertiary/aromatic N) is 3. The summed E-state index contributed by atoms with van der Waals surface area (Å²) in [4.78, 5) is 3.80. The molecule has 27 heavy (non-hydrogen) atoms. The minimum absolute atomic E-state index is 0.399. The molecule has 144 valence electrons. The number of fused-ring (bicyclic) bond motifs is 1. The smallest absolute Gasteiger partial charge is 0.264 e. The fourth-order valence-corrected chi connectivity index (χ4v) is 3.73. The lowest BCUT2D eigenvalue weighted by molar-refractivity contribution is -0.0431. The minimum atomic E-state index is -3.80. The molecule has 0 aromatic heterocycles. The van der Waals surface area contributed by atoms with Gasteiger partial charge in [-0.3, -0.25) is 4.18 Å². The Morgan fingerprint density at radius 3 is 2.67 bits per heavy atom. The molecule has 0 bridgehead atoms. The van der Waals surface area contributed by atoms with E-state index in [-0.39, 0.29) is 0 Å². The normalized spacial score (nSPS) is 21.3. The molecule has 0 radical (unpaired) electrons. The Bertz CT molecular complexity index is 926. The number of rotatable bonds is 5. The van der Waals surface area contributed by atoms with Crippen LogP contribution in [0.15, 0.2) is 23.2 Å². The summed E-state index contributed by atoms with van der Waals surface area (Å²) in [6.45, 7) is 5.38. The molecular formula is C18H22N4O4S. The highest BCUT2D eigenvalue weighted by molar-refractivity contribution is 7.86. The molecule has 0 spiro atoms. The third-order valence-corrected chi connectivity index (χ3v) is 4.66. The predicted octanol–water partition coefficient (Wildman–Crippen LogP) is 2.38. The van der Waals surface area contributed by atoms with E-state index in [0.717, 1.165) is 12.7 Å². The number of benzene rings is 1. The van der Waals surface area contributed by atoms with Gasteiger partial charge >= 0.3 is 0 Å². The number of hydrogen-bond acceptors (Lipinski definition) is 7. The Kier molecular flexibility index (Phi) is 6.09. The van der Waals surface area contributed by atoms with E-state index in [9.17, 15) is 13.7 Å². The van der Waals surface area contributed by atoms with E-state index in [0.29, 0.717) is 29.1 Å². The first-order valence-electron chi connectivity index (χ1n) is 8.44. The van der Waals surface area contributed by atoms with Crippen molar-refractivity contribution in [3.8, 4) is 18.0 Å². The second-order valence-corrected chi connectivity index (χ2v) is 8.42. The summed E-state index contributed by atoms with van der Waals surface area (Å²) in [6, 6.07) is 6.30. The highest BCUT2D eigenvalue weighted by atomic mass is 32.2. The van der Waals surface area contributed by atoms with Crippen molar-refractivity contribution in [1.29, 1.82) is 10.5 Å². The summed E-state index contributed by atoms with van der Waals surface area (Å²) in [5, 5.41) is 21.3. The topological polar surface area (TPSA) is 125 Å². The maximum atomic E-state index is 11.9. The molecule has 0 unspecified atom stereocenters. The van der Waals surface area contributed by atoms with Gasteiger partial charge in [-0.05, 0) is 38.5 Å². The van der Waals surface area contributed by atoms with Crippen LogP contribution in [0.3, 0.4) is 0 Å². The molecule has 1 aromatic rings. The lowest BCUT2D eigenvalue weighted by Crippen LogP contribution is -2.55. The van der Waals surface area contributed by atoms with Crippen molar-refractivity contribution in [2.24, 2.45) is 4.99 Å². The van der Waals surface area contributed by atoms with E-state index in [4.69, 9.17) is 14.2 Å². The summed E-state index contributed by atoms with van der Waals surface area (Å²) in [7, 11) is -3.80. The third-order valence-electron chi connectivity index (χ3n) is 4.11. The second kappa shape index (κ2) is 7.95. The first kappa shape index (κ1) is 20.7. The molecule has 8 nitrogen and oxygen atoms in total. The fourth-order valence-electron chi connectivity index (χ4n) is 3.01. The number of nitriles is 2. The van der Waals surface area contributed by atoms with Crippen LogP contribution < -0.4 is 10.1 Å². The molecule has 1 aliphatic heterocycles. The molecule has 2 rings (SSSR count). The van der Waals surface area contributed by atoms with Gasteiger partial charge in [0.2, 0.25) is 6.19 Å². The van der Waals surface area contributed by atoms with Crippen LogP contribution in [0.25, 0.3) is 0 Å². The van der Waals surface area contributed by atoms with Crippen molar-refractivity contribution in [2.75, 3.05) is 6.26 Å². The number of ether oxygens (including phenoxy) is 1. The van der Waals surface area contributed by atoms with Crippen molar-refractivity contribution >= 4 is 16.0 Å². The van der Waals surface area contributed by atoms with E-state index >= 15 is 0 Å². The van der Waals surface area contributed by atoms with Crippen LogP contribution in [0.1, 0.15) is 50.8 Å². The van der Waals surface area contributed by atoms with E-state index in [1.165, 1.54) is 0 Å². The monoisotopic (exact) mass is 390 g/mol. The van der Waals surface area contributed by atoms with Gasteiger partial charge in [-0.2, -0.15) is 23.9 Å². The van der Waals surface area contributed by atoms with Crippen LogP contribution in [0.4, 0.5) is 0 Å². The standard InChI is InChI=1S/C18H22N4O4S/c1-5-6-15(21-11-20)22-16-13-9-12(10-19)7-8-14(13)25-18(2,3)17(16)26-27(4,23)24/h7-9,16-17H,5-6H2,1-4H3,(H,21,22)/t16-,17+/m0/s1. The molecule has 9 heteroatoms. The Morgan fingerprint density at radius 2 is 2.11 bits per heavy atom. The summed E-state index contributed by atoms with van der Waals surface area (Å²) in [6.07, 6.45) is 3.03. The van der Waals surface area contributed by atoms with Crippen LogP contribution in [0, 0.1) is 22.8 Å². The van der Waals surface area contributed by atoms with Crippen LogP contribution in [-0.4, -0.2) is 32.2 Å². The van der Waals surface area contributed by atoms with Crippen LogP contribution in [0.2, 0.25) is 0 Å². The summed E-state index contributed by atoms with van der Waals surface area (Å²) in [5.41, 5.74) is -0.0220. The molecule has 1 aromatic carbocycles. The summed E-state index contributed by atoms with van der Waals surface area (Å²) in [5.74, 6) is 0.927. The number of hydrogen-bond donors (Lipinski definition) is 1. The van der Waals surface area contributed by atoms with Gasteiger partial charge in [0.1, 0.15) is 23.3 Å². The first-order chi connectivity index (χ1) is 12.6. The molecule has 0 saturated heterocycles. The van der Waals surface area contributed by atoms with Gasteiger partial charge in [0, 0.05) is 12.0 Å². The first-order valence-corrected chi connectivity index (χ1v) is 10.3. The molecule has 2 atom stereocenters. The zero-order chi connectivity index (χ0) is 20.2. The van der Waals surface area contributed by atoms with Gasteiger partial charge in [0.25, 0.3) is 10.1 Å². The second-order valence-electron chi connectivity index (χ2n) is 6.82. The number of nitrogens with one attached hydrogen (secondary N) is 1. The molecular weight excluding hydrogens is 368 g/mol. The zero-order valence-corrected chi connectivity index (χ0v) is 16.5. The SMILES string of the molecule is CCC/C(=N/C#N)N[C@H]1c2cc(C#N)ccc2OC(C)(C)[C@@H]1OS(C)(=O)=O. The summed E-state index contributed by atoms with van der Waals surface area (Å²) >= 11 is 0. The Labute approximate surface area is 159 Å². The van der Waals surface area contributed by atoms with Crippen LogP contribution in [0.5, 0.6) is 5.75 Å². The number of aliphatic imine (C=N–C) groups is 1. The van der Waals surface area contributed by atoms with E-state index in [1.807, 2.05) is 6.92 Å². The molecule has 0 aliphatic carbocycles. The van der Waals surface area contributed by atoms with E-state index < -0.39 is 27.9 Å². The van der Waals surface area contributed by atoms with Gasteiger partial charge in [0.15, 0.2) is 0 Å². The van der Waals surface area contributed by atoms with Gasteiger partial charge in [-0.1, -0.05) is 6.92 Å². The lowest BCUT2D eigenvalue weighted by atomic mass is 9.85. The molecule has 0 saturated carbocycles. The Hall–Kier alpha value is -2.62. The van der Waals surface area contributed by atoms with Crippen molar-refractivity contribution < 1.29 is 17.3 Å². The van der Waals surface area contributed by atoms with Crippen molar-refractivity contribution in [3.63, 3.8) is 0 Å². The molecule has 0 amide bonds. The zero-order valence-electron chi connectivity index (χ0n) is 15.7. The fraction of sp³-hybridized carbons (Fsp3) is 0.500. The van der Waals surface area contributed by atoms with Crippen LogP contribution >= 0.6 is 0 Å². The van der Waals surface area contributed by atoms with Crippen molar-refractivity contribution in [3.05, 3.63) is 29.3 Å². The van der Waals surface area contributed by atoms with Gasteiger partial charge in [0.05, 0.1) is 23.9 Å². The average Bonchev–Trinajstić information content (AvgIpc) is 2.57. The molecule has 1 N–H and O–H groups in total.